The van der Waals surface area contributed by atoms with Gasteiger partial charge in [-0.25, -0.2) is 4.98 Å². The van der Waals surface area contributed by atoms with Crippen LogP contribution >= 0.6 is 0 Å². The van der Waals surface area contributed by atoms with Crippen LogP contribution in [-0.4, -0.2) is 16.3 Å². The van der Waals surface area contributed by atoms with E-state index in [1.807, 2.05) is 36.4 Å². The van der Waals surface area contributed by atoms with Crippen LogP contribution in [0.1, 0.15) is 28.3 Å². The fourth-order valence-electron chi connectivity index (χ4n) is 2.99. The largest absolute Gasteiger partial charge is 0.479 e. The van der Waals surface area contributed by atoms with Crippen molar-refractivity contribution in [1.82, 2.24) is 4.98 Å². The zero-order chi connectivity index (χ0) is 17.2. The van der Waals surface area contributed by atoms with E-state index in [9.17, 15) is 5.11 Å². The number of aromatic hydroxyl groups is 1. The Balaban J connectivity index is 1.53. The molecule has 2 heterocycles. The van der Waals surface area contributed by atoms with E-state index >= 15 is 0 Å². The van der Waals surface area contributed by atoms with Crippen molar-refractivity contribution in [1.29, 1.82) is 0 Å². The lowest BCUT2D eigenvalue weighted by Crippen LogP contribution is -1.92. The van der Waals surface area contributed by atoms with Crippen LogP contribution in [0.2, 0.25) is 0 Å². The number of hydrogen-bond acceptors (Lipinski definition) is 4. The third-order valence-corrected chi connectivity index (χ3v) is 4.24. The minimum atomic E-state index is -0.149. The van der Waals surface area contributed by atoms with Crippen molar-refractivity contribution in [3.8, 4) is 5.95 Å². The van der Waals surface area contributed by atoms with Gasteiger partial charge in [0.05, 0.1) is 5.69 Å². The molecule has 4 rings (SSSR count). The van der Waals surface area contributed by atoms with E-state index in [4.69, 9.17) is 4.42 Å². The minimum Gasteiger partial charge on any atom is -0.479 e. The van der Waals surface area contributed by atoms with E-state index in [0.717, 1.165) is 23.2 Å². The first-order chi connectivity index (χ1) is 12.2. The molecule has 1 aliphatic rings. The Morgan fingerprint density at radius 3 is 2.84 bits per heavy atom. The summed E-state index contributed by atoms with van der Waals surface area (Å²) >= 11 is 0. The number of fused-ring (bicyclic) bond motifs is 1. The van der Waals surface area contributed by atoms with Gasteiger partial charge in [-0.15, -0.1) is 0 Å². The molecule has 4 heteroatoms. The summed E-state index contributed by atoms with van der Waals surface area (Å²) in [5, 5.41) is 10.1. The van der Waals surface area contributed by atoms with Crippen LogP contribution in [-0.2, 0) is 12.8 Å². The summed E-state index contributed by atoms with van der Waals surface area (Å²) in [4.78, 5) is 8.79. The Hall–Kier alpha value is -3.14. The third kappa shape index (κ3) is 3.24. The Morgan fingerprint density at radius 2 is 1.96 bits per heavy atom. The van der Waals surface area contributed by atoms with Crippen LogP contribution in [0.4, 0.5) is 5.69 Å². The number of allylic oxidation sites excluding steroid dienone is 1. The second kappa shape index (κ2) is 6.40. The van der Waals surface area contributed by atoms with Gasteiger partial charge >= 0.3 is 5.95 Å². The lowest BCUT2D eigenvalue weighted by atomic mass is 10.1. The van der Waals surface area contributed by atoms with Gasteiger partial charge < -0.3 is 9.52 Å². The molecular formula is C21H18N2O2. The molecule has 1 aromatic heterocycles. The predicted molar refractivity (Wildman–Crippen MR) is 99.2 cm³/mol. The van der Waals surface area contributed by atoms with Crippen molar-refractivity contribution in [3.05, 3.63) is 76.8 Å². The van der Waals surface area contributed by atoms with Gasteiger partial charge in [-0.1, -0.05) is 48.0 Å². The molecule has 0 amide bonds. The van der Waals surface area contributed by atoms with E-state index in [0.29, 0.717) is 18.0 Å². The highest BCUT2D eigenvalue weighted by Crippen LogP contribution is 2.33. The SMILES string of the molecule is Cc1cccc(CCc2nc(/C=C3\C=Nc4ccccc43)c(O)o2)c1. The van der Waals surface area contributed by atoms with Gasteiger partial charge in [0, 0.05) is 23.8 Å². The van der Waals surface area contributed by atoms with Gasteiger partial charge in [0.2, 0.25) is 0 Å². The number of oxazole rings is 1. The maximum Gasteiger partial charge on any atom is 0.310 e. The van der Waals surface area contributed by atoms with Crippen molar-refractivity contribution in [3.63, 3.8) is 0 Å². The van der Waals surface area contributed by atoms with Crippen LogP contribution in [0.25, 0.3) is 11.6 Å². The van der Waals surface area contributed by atoms with E-state index < -0.39 is 0 Å². The van der Waals surface area contributed by atoms with Crippen LogP contribution < -0.4 is 0 Å². The van der Waals surface area contributed by atoms with Gasteiger partial charge in [-0.05, 0) is 31.1 Å². The lowest BCUT2D eigenvalue weighted by Gasteiger charge is -1.99. The third-order valence-electron chi connectivity index (χ3n) is 4.24. The fourth-order valence-corrected chi connectivity index (χ4v) is 2.99. The molecule has 0 radical (unpaired) electrons. The van der Waals surface area contributed by atoms with Crippen molar-refractivity contribution in [2.75, 3.05) is 0 Å². The van der Waals surface area contributed by atoms with Crippen LogP contribution in [0.5, 0.6) is 5.95 Å². The van der Waals surface area contributed by atoms with Gasteiger partial charge in [0.1, 0.15) is 5.69 Å². The highest BCUT2D eigenvalue weighted by molar-refractivity contribution is 6.21. The van der Waals surface area contributed by atoms with Crippen LogP contribution in [0.15, 0.2) is 57.9 Å². The zero-order valence-corrected chi connectivity index (χ0v) is 13.9. The van der Waals surface area contributed by atoms with E-state index in [1.165, 1.54) is 11.1 Å². The number of hydrogen-bond donors (Lipinski definition) is 1. The van der Waals surface area contributed by atoms with Crippen LogP contribution in [0.3, 0.4) is 0 Å². The summed E-state index contributed by atoms with van der Waals surface area (Å²) in [5.41, 5.74) is 5.79. The first kappa shape index (κ1) is 15.4. The maximum absolute atomic E-state index is 10.1. The lowest BCUT2D eigenvalue weighted by molar-refractivity contribution is 0.316. The summed E-state index contributed by atoms with van der Waals surface area (Å²) in [7, 11) is 0. The molecule has 0 aliphatic carbocycles. The molecule has 0 bridgehead atoms. The molecule has 3 aromatic rings. The van der Waals surface area contributed by atoms with Gasteiger partial charge in [-0.3, -0.25) is 4.99 Å². The second-order valence-corrected chi connectivity index (χ2v) is 6.16. The highest BCUT2D eigenvalue weighted by Gasteiger charge is 2.15. The Bertz CT molecular complexity index is 983. The number of aliphatic imine (C=N–C) groups is 1. The molecule has 0 saturated carbocycles. The molecule has 0 saturated heterocycles. The summed E-state index contributed by atoms with van der Waals surface area (Å²) in [6, 6.07) is 16.2. The molecule has 4 nitrogen and oxygen atoms in total. The molecule has 0 atom stereocenters. The van der Waals surface area contributed by atoms with E-state index in [-0.39, 0.29) is 5.95 Å². The molecule has 1 aliphatic heterocycles. The summed E-state index contributed by atoms with van der Waals surface area (Å²) in [5.74, 6) is 0.388. The average Bonchev–Trinajstić information content (AvgIpc) is 3.18. The maximum atomic E-state index is 10.1. The molecular weight excluding hydrogens is 312 g/mol. The normalized spacial score (nSPS) is 14.2. The molecule has 0 spiro atoms. The highest BCUT2D eigenvalue weighted by atomic mass is 16.5. The van der Waals surface area contributed by atoms with Gasteiger partial charge in [0.25, 0.3) is 0 Å². The summed E-state index contributed by atoms with van der Waals surface area (Å²) < 4.78 is 5.42. The molecule has 124 valence electrons. The summed E-state index contributed by atoms with van der Waals surface area (Å²) in [6.45, 7) is 2.08. The van der Waals surface area contributed by atoms with Crippen molar-refractivity contribution in [2.45, 2.75) is 19.8 Å². The number of aromatic nitrogens is 1. The Kier molecular flexibility index (Phi) is 3.94. The van der Waals surface area contributed by atoms with E-state index in [1.54, 1.807) is 6.21 Å². The number of aryl methyl sites for hydroxylation is 3. The van der Waals surface area contributed by atoms with E-state index in [2.05, 4.69) is 35.1 Å². The number of rotatable bonds is 4. The molecule has 1 N–H and O–H groups in total. The average molecular weight is 330 g/mol. The van der Waals surface area contributed by atoms with Crippen molar-refractivity contribution < 1.29 is 9.52 Å². The fraction of sp³-hybridized carbons (Fsp3) is 0.143. The van der Waals surface area contributed by atoms with Crippen molar-refractivity contribution in [2.24, 2.45) is 4.99 Å². The minimum absolute atomic E-state index is 0.149. The standard InChI is InChI=1S/C21H18N2O2/c1-14-5-4-6-15(11-14)9-10-20-23-19(21(24)25-20)12-16-13-22-18-8-3-2-7-17(16)18/h2-8,11-13,24H,9-10H2,1H3/b16-12+. The van der Waals surface area contributed by atoms with Crippen molar-refractivity contribution >= 4 is 23.6 Å². The predicted octanol–water partition coefficient (Wildman–Crippen LogP) is 4.73. The molecule has 0 fully saturated rings. The molecule has 0 unspecified atom stereocenters. The number of nitrogens with zero attached hydrogens (tertiary/aromatic N) is 2. The first-order valence-corrected chi connectivity index (χ1v) is 8.28. The second-order valence-electron chi connectivity index (χ2n) is 6.16. The topological polar surface area (TPSA) is 58.6 Å². The molecule has 25 heavy (non-hydrogen) atoms. The quantitative estimate of drug-likeness (QED) is 0.752. The smallest absolute Gasteiger partial charge is 0.310 e. The monoisotopic (exact) mass is 330 g/mol. The number of benzene rings is 2. The Labute approximate surface area is 146 Å². The van der Waals surface area contributed by atoms with Gasteiger partial charge in [0.15, 0.2) is 5.89 Å². The van der Waals surface area contributed by atoms with Gasteiger partial charge in [-0.2, -0.15) is 0 Å². The Morgan fingerprint density at radius 1 is 1.08 bits per heavy atom. The first-order valence-electron chi connectivity index (χ1n) is 8.28. The molecule has 2 aromatic carbocycles. The zero-order valence-electron chi connectivity index (χ0n) is 13.9. The summed E-state index contributed by atoms with van der Waals surface area (Å²) in [6.07, 6.45) is 5.06. The van der Waals surface area contributed by atoms with Crippen LogP contribution in [0, 0.1) is 6.92 Å². The number of para-hydroxylation sites is 1.